The minimum Gasteiger partial charge on any atom is -0.350 e. The predicted molar refractivity (Wildman–Crippen MR) is 87.4 cm³/mol. The molecule has 0 radical (unpaired) electrons. The van der Waals surface area contributed by atoms with Gasteiger partial charge in [-0.1, -0.05) is 30.4 Å². The van der Waals surface area contributed by atoms with Gasteiger partial charge in [0, 0.05) is 24.4 Å². The van der Waals surface area contributed by atoms with Crippen molar-refractivity contribution in [1.82, 2.24) is 5.32 Å². The van der Waals surface area contributed by atoms with Gasteiger partial charge in [-0.25, -0.2) is 4.39 Å². The van der Waals surface area contributed by atoms with Crippen molar-refractivity contribution < 1.29 is 9.18 Å². The maximum atomic E-state index is 14.9. The maximum absolute atomic E-state index is 14.9. The number of halogens is 1. The fraction of sp³-hybridized carbons (Fsp3) is 0.526. The molecule has 1 amide bonds. The number of benzene rings is 1. The lowest BCUT2D eigenvalue weighted by atomic mass is 9.89. The molecule has 3 heteroatoms. The summed E-state index contributed by atoms with van der Waals surface area (Å²) in [5, 5.41) is 2.85. The molecule has 2 rings (SSSR count). The monoisotopic (exact) mass is 301 g/mol. The number of carbonyl (C=O) groups excluding carboxylic acids is 1. The second-order valence-electron chi connectivity index (χ2n) is 6.33. The normalized spacial score (nSPS) is 21.5. The van der Waals surface area contributed by atoms with Crippen LogP contribution >= 0.6 is 0 Å². The van der Waals surface area contributed by atoms with E-state index in [1.165, 1.54) is 0 Å². The van der Waals surface area contributed by atoms with Gasteiger partial charge < -0.3 is 5.32 Å². The third kappa shape index (κ3) is 4.87. The molecule has 0 saturated carbocycles. The average molecular weight is 301 g/mol. The summed E-state index contributed by atoms with van der Waals surface area (Å²) < 4.78 is 14.9. The molecule has 1 N–H and O–H groups in total. The molecule has 0 aliphatic heterocycles. The van der Waals surface area contributed by atoms with Crippen LogP contribution < -0.4 is 5.32 Å². The third-order valence-corrected chi connectivity index (χ3v) is 3.81. The van der Waals surface area contributed by atoms with E-state index in [2.05, 4.69) is 17.2 Å². The zero-order valence-electron chi connectivity index (χ0n) is 13.4. The zero-order chi connectivity index (χ0) is 16.0. The highest BCUT2D eigenvalue weighted by Crippen LogP contribution is 2.26. The van der Waals surface area contributed by atoms with Gasteiger partial charge in [-0.15, -0.1) is 0 Å². The average Bonchev–Trinajstić information content (AvgIpc) is 2.44. The van der Waals surface area contributed by atoms with Crippen molar-refractivity contribution in [2.24, 2.45) is 0 Å². The van der Waals surface area contributed by atoms with Crippen molar-refractivity contribution in [2.45, 2.75) is 64.1 Å². The van der Waals surface area contributed by atoms with E-state index in [1.54, 1.807) is 12.1 Å². The van der Waals surface area contributed by atoms with Gasteiger partial charge in [0.05, 0.1) is 0 Å². The number of hydrogen-bond donors (Lipinski definition) is 1. The highest BCUT2D eigenvalue weighted by Gasteiger charge is 2.27. The lowest BCUT2D eigenvalue weighted by molar-refractivity contribution is 0.0943. The van der Waals surface area contributed by atoms with E-state index < -0.39 is 5.67 Å². The molecule has 0 heterocycles. The summed E-state index contributed by atoms with van der Waals surface area (Å²) in [6.07, 6.45) is 4.60. The van der Waals surface area contributed by atoms with E-state index in [0.717, 1.165) is 31.2 Å². The molecule has 0 saturated heterocycles. The summed E-state index contributed by atoms with van der Waals surface area (Å²) in [5.74, 6) is 5.68. The summed E-state index contributed by atoms with van der Waals surface area (Å²) in [5.41, 5.74) is 0.0647. The van der Waals surface area contributed by atoms with Crippen LogP contribution in [0.25, 0.3) is 0 Å². The van der Waals surface area contributed by atoms with E-state index in [-0.39, 0.29) is 11.9 Å². The third-order valence-electron chi connectivity index (χ3n) is 3.81. The van der Waals surface area contributed by atoms with Crippen LogP contribution in [0.5, 0.6) is 0 Å². The van der Waals surface area contributed by atoms with Gasteiger partial charge in [0.15, 0.2) is 5.67 Å². The van der Waals surface area contributed by atoms with Crippen molar-refractivity contribution in [1.29, 1.82) is 0 Å². The number of nitrogens with one attached hydrogen (secondary N) is 1. The predicted octanol–water partition coefficient (Wildman–Crippen LogP) is 4.04. The van der Waals surface area contributed by atoms with Crippen molar-refractivity contribution in [3.05, 3.63) is 35.4 Å². The first kappa shape index (κ1) is 16.5. The minimum absolute atomic E-state index is 0.0951. The highest BCUT2D eigenvalue weighted by atomic mass is 19.1. The summed E-state index contributed by atoms with van der Waals surface area (Å²) in [7, 11) is 0. The second-order valence-corrected chi connectivity index (χ2v) is 6.33. The minimum atomic E-state index is -1.43. The van der Waals surface area contributed by atoms with Gasteiger partial charge in [-0.05, 0) is 50.8 Å². The molecule has 0 bridgehead atoms. The number of amides is 1. The van der Waals surface area contributed by atoms with E-state index >= 15 is 0 Å². The van der Waals surface area contributed by atoms with Gasteiger partial charge in [-0.2, -0.15) is 0 Å². The molecule has 0 aromatic heterocycles. The van der Waals surface area contributed by atoms with E-state index in [4.69, 9.17) is 0 Å². The summed E-state index contributed by atoms with van der Waals surface area (Å²) in [6.45, 7) is 3.85. The molecule has 22 heavy (non-hydrogen) atoms. The van der Waals surface area contributed by atoms with E-state index in [1.807, 2.05) is 26.0 Å². The quantitative estimate of drug-likeness (QED) is 0.835. The van der Waals surface area contributed by atoms with Gasteiger partial charge >= 0.3 is 0 Å². The van der Waals surface area contributed by atoms with Crippen molar-refractivity contribution in [3.8, 4) is 11.8 Å². The van der Waals surface area contributed by atoms with Gasteiger partial charge in [0.2, 0.25) is 0 Å². The summed E-state index contributed by atoms with van der Waals surface area (Å²) in [4.78, 5) is 11.9. The SMILES string of the molecule is CC(C)NC(=O)c1ccc(CC2(F)C#CCCCCC2)cc1. The molecular formula is C19H24FNO. The standard InChI is InChI=1S/C19H24FNO/c1-15(2)21-18(22)17-10-8-16(9-11-17)14-19(20)12-6-4-3-5-7-13-19/h8-11,15H,3-6,12,14H2,1-2H3,(H,21,22). The highest BCUT2D eigenvalue weighted by molar-refractivity contribution is 5.94. The molecule has 0 fully saturated rings. The molecule has 1 atom stereocenters. The number of hydrogen-bond acceptors (Lipinski definition) is 1. The second kappa shape index (κ2) is 7.45. The molecule has 118 valence electrons. The largest absolute Gasteiger partial charge is 0.350 e. The number of carbonyl (C=O) groups is 1. The first-order chi connectivity index (χ1) is 10.5. The summed E-state index contributed by atoms with van der Waals surface area (Å²) in [6, 6.07) is 7.28. The fourth-order valence-corrected chi connectivity index (χ4v) is 2.65. The molecule has 1 aliphatic carbocycles. The zero-order valence-corrected chi connectivity index (χ0v) is 13.4. The Bertz CT molecular complexity index is 567. The lowest BCUT2D eigenvalue weighted by Crippen LogP contribution is -2.30. The fourth-order valence-electron chi connectivity index (χ4n) is 2.65. The van der Waals surface area contributed by atoms with Crippen LogP contribution in [0.4, 0.5) is 4.39 Å². The molecule has 1 aromatic carbocycles. The Labute approximate surface area is 132 Å². The Morgan fingerprint density at radius 2 is 2.00 bits per heavy atom. The van der Waals surface area contributed by atoms with E-state index in [9.17, 15) is 9.18 Å². The van der Waals surface area contributed by atoms with Crippen LogP contribution in [0.15, 0.2) is 24.3 Å². The van der Waals surface area contributed by atoms with Gasteiger partial charge in [0.25, 0.3) is 5.91 Å². The van der Waals surface area contributed by atoms with Crippen LogP contribution in [0.2, 0.25) is 0 Å². The number of rotatable bonds is 4. The first-order valence-electron chi connectivity index (χ1n) is 8.07. The molecule has 2 nitrogen and oxygen atoms in total. The smallest absolute Gasteiger partial charge is 0.251 e. The molecule has 0 spiro atoms. The maximum Gasteiger partial charge on any atom is 0.251 e. The Hall–Kier alpha value is -1.82. The Kier molecular flexibility index (Phi) is 5.60. The van der Waals surface area contributed by atoms with Crippen LogP contribution in [-0.4, -0.2) is 17.6 Å². The Balaban J connectivity index is 2.05. The van der Waals surface area contributed by atoms with Crippen molar-refractivity contribution in [2.75, 3.05) is 0 Å². The first-order valence-corrected chi connectivity index (χ1v) is 8.07. The lowest BCUT2D eigenvalue weighted by Gasteiger charge is -2.21. The topological polar surface area (TPSA) is 29.1 Å². The van der Waals surface area contributed by atoms with Crippen LogP contribution in [0, 0.1) is 11.8 Å². The molecule has 1 aromatic rings. The Morgan fingerprint density at radius 1 is 1.27 bits per heavy atom. The van der Waals surface area contributed by atoms with Crippen LogP contribution in [0.1, 0.15) is 61.9 Å². The van der Waals surface area contributed by atoms with Gasteiger partial charge in [0.1, 0.15) is 0 Å². The Morgan fingerprint density at radius 3 is 2.68 bits per heavy atom. The van der Waals surface area contributed by atoms with Crippen LogP contribution in [-0.2, 0) is 6.42 Å². The number of alkyl halides is 1. The molecular weight excluding hydrogens is 277 g/mol. The van der Waals surface area contributed by atoms with E-state index in [0.29, 0.717) is 18.4 Å². The van der Waals surface area contributed by atoms with Crippen molar-refractivity contribution >= 4 is 5.91 Å². The van der Waals surface area contributed by atoms with Gasteiger partial charge in [-0.3, -0.25) is 4.79 Å². The van der Waals surface area contributed by atoms with Crippen molar-refractivity contribution in [3.63, 3.8) is 0 Å². The van der Waals surface area contributed by atoms with Crippen LogP contribution in [0.3, 0.4) is 0 Å². The summed E-state index contributed by atoms with van der Waals surface area (Å²) >= 11 is 0. The molecule has 1 unspecified atom stereocenters. The molecule has 1 aliphatic rings.